The molecule has 1 aromatic rings. The fourth-order valence-electron chi connectivity index (χ4n) is 2.37. The summed E-state index contributed by atoms with van der Waals surface area (Å²) in [5.74, 6) is 2.57. The highest BCUT2D eigenvalue weighted by atomic mass is 32.2. The number of rotatable bonds is 5. The van der Waals surface area contributed by atoms with Crippen molar-refractivity contribution in [1.82, 2.24) is 10.3 Å². The Morgan fingerprint density at radius 3 is 2.74 bits per heavy atom. The van der Waals surface area contributed by atoms with E-state index >= 15 is 0 Å². The summed E-state index contributed by atoms with van der Waals surface area (Å²) in [6.45, 7) is 5.62. The molecule has 1 aromatic heterocycles. The Labute approximate surface area is 128 Å². The first-order valence-electron chi connectivity index (χ1n) is 7.23. The number of hydrogen-bond acceptors (Lipinski definition) is 5. The van der Waals surface area contributed by atoms with Crippen LogP contribution in [0, 0.1) is 0 Å². The van der Waals surface area contributed by atoms with Crippen molar-refractivity contribution in [2.24, 2.45) is 0 Å². The van der Waals surface area contributed by atoms with E-state index in [-0.39, 0.29) is 0 Å². The molecular formula is C14H22N2S3. The molecule has 2 heterocycles. The van der Waals surface area contributed by atoms with E-state index in [1.54, 1.807) is 0 Å². The summed E-state index contributed by atoms with van der Waals surface area (Å²) in [6.07, 6.45) is 3.79. The molecule has 0 bridgehead atoms. The molecule has 1 saturated carbocycles. The molecule has 2 atom stereocenters. The molecule has 1 N–H and O–H groups in total. The van der Waals surface area contributed by atoms with Gasteiger partial charge >= 0.3 is 0 Å². The van der Waals surface area contributed by atoms with Crippen molar-refractivity contribution in [2.75, 3.05) is 11.5 Å². The predicted octanol–water partition coefficient (Wildman–Crippen LogP) is 3.87. The Balaban J connectivity index is 1.73. The van der Waals surface area contributed by atoms with Gasteiger partial charge in [-0.1, -0.05) is 13.8 Å². The maximum absolute atomic E-state index is 4.95. The van der Waals surface area contributed by atoms with Crippen LogP contribution >= 0.6 is 34.9 Å². The quantitative estimate of drug-likeness (QED) is 0.892. The molecular weight excluding hydrogens is 292 g/mol. The van der Waals surface area contributed by atoms with E-state index in [1.807, 2.05) is 11.3 Å². The largest absolute Gasteiger partial charge is 0.309 e. The minimum Gasteiger partial charge on any atom is -0.309 e. The molecule has 0 aromatic carbocycles. The zero-order valence-electron chi connectivity index (χ0n) is 11.6. The van der Waals surface area contributed by atoms with Gasteiger partial charge < -0.3 is 5.32 Å². The van der Waals surface area contributed by atoms with Gasteiger partial charge in [0, 0.05) is 34.2 Å². The van der Waals surface area contributed by atoms with Crippen molar-refractivity contribution >= 4 is 34.9 Å². The average Bonchev–Trinajstić information content (AvgIpc) is 3.16. The lowest BCUT2D eigenvalue weighted by molar-refractivity contribution is 0.689. The van der Waals surface area contributed by atoms with Gasteiger partial charge in [0.15, 0.2) is 0 Å². The number of aromatic nitrogens is 1. The molecule has 2 unspecified atom stereocenters. The SMILES string of the molecule is CCc1nc(C2SCCSC2C)sc1CNC1CC1. The second-order valence-electron chi connectivity index (χ2n) is 5.30. The number of thioether (sulfide) groups is 2. The molecule has 3 rings (SSSR count). The van der Waals surface area contributed by atoms with Crippen molar-refractivity contribution < 1.29 is 0 Å². The third-order valence-electron chi connectivity index (χ3n) is 3.69. The van der Waals surface area contributed by atoms with Crippen LogP contribution in [-0.2, 0) is 13.0 Å². The van der Waals surface area contributed by atoms with E-state index in [9.17, 15) is 0 Å². The lowest BCUT2D eigenvalue weighted by atomic mass is 10.3. The van der Waals surface area contributed by atoms with Gasteiger partial charge in [-0.3, -0.25) is 0 Å². The zero-order chi connectivity index (χ0) is 13.2. The van der Waals surface area contributed by atoms with Gasteiger partial charge in [0.1, 0.15) is 5.01 Å². The highest BCUT2D eigenvalue weighted by Crippen LogP contribution is 2.44. The van der Waals surface area contributed by atoms with Gasteiger partial charge in [-0.15, -0.1) is 23.1 Å². The smallest absolute Gasteiger partial charge is 0.107 e. The summed E-state index contributed by atoms with van der Waals surface area (Å²) in [6, 6.07) is 0.786. The van der Waals surface area contributed by atoms with Crippen LogP contribution in [-0.4, -0.2) is 27.8 Å². The first kappa shape index (κ1) is 14.2. The van der Waals surface area contributed by atoms with E-state index in [4.69, 9.17) is 4.98 Å². The number of nitrogens with zero attached hydrogens (tertiary/aromatic N) is 1. The van der Waals surface area contributed by atoms with Crippen molar-refractivity contribution in [3.63, 3.8) is 0 Å². The Morgan fingerprint density at radius 1 is 1.26 bits per heavy atom. The lowest BCUT2D eigenvalue weighted by Gasteiger charge is -2.25. The fraction of sp³-hybridized carbons (Fsp3) is 0.786. The van der Waals surface area contributed by atoms with Crippen molar-refractivity contribution in [2.45, 2.75) is 56.2 Å². The monoisotopic (exact) mass is 314 g/mol. The van der Waals surface area contributed by atoms with Crippen LogP contribution in [0.2, 0.25) is 0 Å². The molecule has 19 heavy (non-hydrogen) atoms. The summed E-state index contributed by atoms with van der Waals surface area (Å²) < 4.78 is 0. The molecule has 2 fully saturated rings. The number of thiazole rings is 1. The highest BCUT2D eigenvalue weighted by Gasteiger charge is 2.28. The van der Waals surface area contributed by atoms with E-state index in [0.717, 1.165) is 19.0 Å². The lowest BCUT2D eigenvalue weighted by Crippen LogP contribution is -2.15. The molecule has 5 heteroatoms. The molecule has 2 nitrogen and oxygen atoms in total. The van der Waals surface area contributed by atoms with Gasteiger partial charge in [0.05, 0.1) is 10.9 Å². The third-order valence-corrected chi connectivity index (χ3v) is 8.12. The van der Waals surface area contributed by atoms with Crippen LogP contribution in [0.5, 0.6) is 0 Å². The molecule has 1 aliphatic heterocycles. The summed E-state index contributed by atoms with van der Waals surface area (Å²) in [5.41, 5.74) is 1.33. The van der Waals surface area contributed by atoms with Crippen LogP contribution in [0.15, 0.2) is 0 Å². The highest BCUT2D eigenvalue weighted by molar-refractivity contribution is 8.06. The average molecular weight is 315 g/mol. The van der Waals surface area contributed by atoms with E-state index in [1.165, 1.54) is 39.9 Å². The molecule has 0 spiro atoms. The van der Waals surface area contributed by atoms with Gasteiger partial charge in [0.2, 0.25) is 0 Å². The van der Waals surface area contributed by atoms with Crippen molar-refractivity contribution in [3.05, 3.63) is 15.6 Å². The number of nitrogens with one attached hydrogen (secondary N) is 1. The third kappa shape index (κ3) is 3.49. The molecule has 1 aliphatic carbocycles. The van der Waals surface area contributed by atoms with Crippen LogP contribution < -0.4 is 5.32 Å². The summed E-state index contributed by atoms with van der Waals surface area (Å²) >= 11 is 6.16. The molecule has 106 valence electrons. The second-order valence-corrected chi connectivity index (χ2v) is 9.15. The van der Waals surface area contributed by atoms with Crippen LogP contribution in [0.1, 0.15) is 47.5 Å². The Bertz CT molecular complexity index is 428. The minimum absolute atomic E-state index is 0.615. The first-order chi connectivity index (χ1) is 9.28. The standard InChI is InChI=1S/C14H22N2S3/c1-3-11-12(8-15-10-4-5-10)19-14(16-11)13-9(2)17-6-7-18-13/h9-10,13,15H,3-8H2,1-2H3. The summed E-state index contributed by atoms with van der Waals surface area (Å²) in [7, 11) is 0. The Morgan fingerprint density at radius 2 is 2.05 bits per heavy atom. The van der Waals surface area contributed by atoms with Crippen molar-refractivity contribution in [1.29, 1.82) is 0 Å². The van der Waals surface area contributed by atoms with Crippen LogP contribution in [0.4, 0.5) is 0 Å². The minimum atomic E-state index is 0.615. The van der Waals surface area contributed by atoms with E-state index in [2.05, 4.69) is 42.7 Å². The molecule has 0 amide bonds. The van der Waals surface area contributed by atoms with Crippen LogP contribution in [0.25, 0.3) is 0 Å². The maximum atomic E-state index is 4.95. The Kier molecular flexibility index (Phi) is 4.78. The van der Waals surface area contributed by atoms with Gasteiger partial charge in [-0.05, 0) is 19.3 Å². The van der Waals surface area contributed by atoms with Gasteiger partial charge in [-0.25, -0.2) is 4.98 Å². The Hall–Kier alpha value is 0.290. The number of aryl methyl sites for hydroxylation is 1. The van der Waals surface area contributed by atoms with E-state index < -0.39 is 0 Å². The van der Waals surface area contributed by atoms with Crippen LogP contribution in [0.3, 0.4) is 0 Å². The normalized spacial score (nSPS) is 27.7. The topological polar surface area (TPSA) is 24.9 Å². The molecule has 1 saturated heterocycles. The predicted molar refractivity (Wildman–Crippen MR) is 88.5 cm³/mol. The molecule has 2 aliphatic rings. The van der Waals surface area contributed by atoms with E-state index in [0.29, 0.717) is 10.5 Å². The second kappa shape index (κ2) is 6.37. The molecule has 0 radical (unpaired) electrons. The maximum Gasteiger partial charge on any atom is 0.107 e. The zero-order valence-corrected chi connectivity index (χ0v) is 14.1. The number of hydrogen-bond donors (Lipinski definition) is 1. The first-order valence-corrected chi connectivity index (χ1v) is 10.1. The summed E-state index contributed by atoms with van der Waals surface area (Å²) in [4.78, 5) is 6.42. The fourth-order valence-corrected chi connectivity index (χ4v) is 6.63. The van der Waals surface area contributed by atoms with Gasteiger partial charge in [0.25, 0.3) is 0 Å². The van der Waals surface area contributed by atoms with Crippen molar-refractivity contribution in [3.8, 4) is 0 Å². The van der Waals surface area contributed by atoms with Gasteiger partial charge in [-0.2, -0.15) is 11.8 Å². The summed E-state index contributed by atoms with van der Waals surface area (Å²) in [5, 5.41) is 6.32.